The third-order valence-electron chi connectivity index (χ3n) is 2.89. The molecule has 0 bridgehead atoms. The first-order chi connectivity index (χ1) is 10.6. The Hall–Kier alpha value is -2.33. The maximum atomic E-state index is 12.4. The van der Waals surface area contributed by atoms with E-state index in [-0.39, 0.29) is 11.3 Å². The van der Waals surface area contributed by atoms with Gasteiger partial charge in [-0.1, -0.05) is 0 Å². The molecule has 0 fully saturated rings. The summed E-state index contributed by atoms with van der Waals surface area (Å²) in [5.74, 6) is -0.469. The second-order valence-corrected chi connectivity index (χ2v) is 6.15. The molecule has 0 aliphatic carbocycles. The third-order valence-corrected chi connectivity index (χ3v) is 4.16. The normalized spacial score (nSPS) is 12.2. The van der Waals surface area contributed by atoms with Crippen LogP contribution < -0.4 is 10.3 Å². The molecule has 1 aromatic carbocycles. The van der Waals surface area contributed by atoms with Crippen LogP contribution in [0.15, 0.2) is 45.9 Å². The maximum absolute atomic E-state index is 12.4. The molecule has 2 rings (SSSR count). The van der Waals surface area contributed by atoms with Crippen LogP contribution in [0.3, 0.4) is 0 Å². The molecule has 10 heteroatoms. The zero-order chi connectivity index (χ0) is 17.3. The highest BCUT2D eigenvalue weighted by Crippen LogP contribution is 2.29. The van der Waals surface area contributed by atoms with E-state index >= 15 is 0 Å². The van der Waals surface area contributed by atoms with E-state index < -0.39 is 32.6 Å². The second kappa shape index (κ2) is 6.05. The summed E-state index contributed by atoms with van der Waals surface area (Å²) in [4.78, 5) is 13.1. The summed E-state index contributed by atoms with van der Waals surface area (Å²) in [6, 6.07) is 4.20. The number of sulfonamides is 1. The number of amides is 1. The van der Waals surface area contributed by atoms with E-state index in [9.17, 15) is 26.4 Å². The standard InChI is InChI=1S/C13H11F3N2O4S/c1-8-11(6-7-22-8)12(19)17-18-23(20,21)10-4-2-9(3-5-10)13(14,15)16/h2-7,18H,1H3,(H,17,19). The summed E-state index contributed by atoms with van der Waals surface area (Å²) in [5, 5.41) is 0. The second-order valence-electron chi connectivity index (χ2n) is 4.47. The molecular formula is C13H11F3N2O4S. The molecule has 0 unspecified atom stereocenters. The number of nitrogens with one attached hydrogen (secondary N) is 2. The van der Waals surface area contributed by atoms with E-state index in [0.717, 1.165) is 12.1 Å². The first-order valence-electron chi connectivity index (χ1n) is 6.15. The van der Waals surface area contributed by atoms with Crippen LogP contribution >= 0.6 is 0 Å². The van der Waals surface area contributed by atoms with E-state index in [2.05, 4.69) is 0 Å². The van der Waals surface area contributed by atoms with Crippen LogP contribution in [-0.2, 0) is 16.2 Å². The number of hydrazine groups is 1. The largest absolute Gasteiger partial charge is 0.469 e. The highest BCUT2D eigenvalue weighted by molar-refractivity contribution is 7.89. The van der Waals surface area contributed by atoms with Crippen LogP contribution in [0.2, 0.25) is 0 Å². The number of alkyl halides is 3. The molecule has 0 saturated carbocycles. The van der Waals surface area contributed by atoms with Crippen molar-refractivity contribution in [3.05, 3.63) is 53.5 Å². The summed E-state index contributed by atoms with van der Waals surface area (Å²) in [6.07, 6.45) is -3.31. The molecule has 0 spiro atoms. The van der Waals surface area contributed by atoms with Crippen LogP contribution in [-0.4, -0.2) is 14.3 Å². The predicted molar refractivity (Wildman–Crippen MR) is 72.7 cm³/mol. The third kappa shape index (κ3) is 3.90. The quantitative estimate of drug-likeness (QED) is 0.830. The number of carbonyl (C=O) groups excluding carboxylic acids is 1. The van der Waals surface area contributed by atoms with Gasteiger partial charge in [0, 0.05) is 0 Å². The number of hydrogen-bond donors (Lipinski definition) is 2. The summed E-state index contributed by atoms with van der Waals surface area (Å²) < 4.78 is 66.0. The fourth-order valence-corrected chi connectivity index (χ4v) is 2.52. The van der Waals surface area contributed by atoms with Gasteiger partial charge in [-0.3, -0.25) is 10.2 Å². The van der Waals surface area contributed by atoms with Gasteiger partial charge in [0.05, 0.1) is 22.3 Å². The smallest absolute Gasteiger partial charge is 0.416 e. The Bertz CT molecular complexity index is 810. The van der Waals surface area contributed by atoms with Crippen LogP contribution in [0.4, 0.5) is 13.2 Å². The van der Waals surface area contributed by atoms with Gasteiger partial charge in [0.2, 0.25) is 0 Å². The van der Waals surface area contributed by atoms with Gasteiger partial charge in [-0.25, -0.2) is 8.42 Å². The van der Waals surface area contributed by atoms with Gasteiger partial charge in [-0.2, -0.15) is 13.2 Å². The Balaban J connectivity index is 2.10. The number of carbonyl (C=O) groups is 1. The monoisotopic (exact) mass is 348 g/mol. The van der Waals surface area contributed by atoms with Crippen LogP contribution in [0, 0.1) is 6.92 Å². The lowest BCUT2D eigenvalue weighted by Crippen LogP contribution is -2.41. The summed E-state index contributed by atoms with van der Waals surface area (Å²) >= 11 is 0. The van der Waals surface area contributed by atoms with Crippen molar-refractivity contribution in [2.75, 3.05) is 0 Å². The van der Waals surface area contributed by atoms with Gasteiger partial charge in [0.15, 0.2) is 0 Å². The van der Waals surface area contributed by atoms with Crippen molar-refractivity contribution in [1.82, 2.24) is 10.3 Å². The number of halogens is 3. The van der Waals surface area contributed by atoms with Gasteiger partial charge >= 0.3 is 6.18 Å². The Morgan fingerprint density at radius 3 is 2.22 bits per heavy atom. The molecule has 124 valence electrons. The molecule has 0 atom stereocenters. The summed E-state index contributed by atoms with van der Waals surface area (Å²) in [6.45, 7) is 1.51. The van der Waals surface area contributed by atoms with Gasteiger partial charge in [-0.05, 0) is 37.3 Å². The SMILES string of the molecule is Cc1occc1C(=O)NNS(=O)(=O)c1ccc(C(F)(F)F)cc1. The van der Waals surface area contributed by atoms with E-state index in [1.54, 1.807) is 4.83 Å². The Labute approximate surface area is 129 Å². The molecule has 0 radical (unpaired) electrons. The van der Waals surface area contributed by atoms with E-state index in [4.69, 9.17) is 4.42 Å². The van der Waals surface area contributed by atoms with Crippen molar-refractivity contribution < 1.29 is 30.8 Å². The summed E-state index contributed by atoms with van der Waals surface area (Å²) in [5.41, 5.74) is 1.10. The molecule has 2 aromatic rings. The minimum Gasteiger partial charge on any atom is -0.469 e. The molecule has 1 amide bonds. The van der Waals surface area contributed by atoms with Gasteiger partial charge in [-0.15, -0.1) is 4.83 Å². The van der Waals surface area contributed by atoms with Crippen LogP contribution in [0.5, 0.6) is 0 Å². The highest BCUT2D eigenvalue weighted by Gasteiger charge is 2.30. The van der Waals surface area contributed by atoms with Crippen molar-refractivity contribution in [1.29, 1.82) is 0 Å². The van der Waals surface area contributed by atoms with Crippen molar-refractivity contribution in [3.63, 3.8) is 0 Å². The van der Waals surface area contributed by atoms with Crippen molar-refractivity contribution in [2.45, 2.75) is 18.0 Å². The topological polar surface area (TPSA) is 88.4 Å². The Morgan fingerprint density at radius 1 is 1.13 bits per heavy atom. The average Bonchev–Trinajstić information content (AvgIpc) is 2.90. The molecule has 23 heavy (non-hydrogen) atoms. The van der Waals surface area contributed by atoms with E-state index in [1.807, 2.05) is 5.43 Å². The van der Waals surface area contributed by atoms with Crippen molar-refractivity contribution in [3.8, 4) is 0 Å². The highest BCUT2D eigenvalue weighted by atomic mass is 32.2. The zero-order valence-electron chi connectivity index (χ0n) is 11.6. The fraction of sp³-hybridized carbons (Fsp3) is 0.154. The molecule has 1 aromatic heterocycles. The van der Waals surface area contributed by atoms with Gasteiger partial charge < -0.3 is 4.42 Å². The lowest BCUT2D eigenvalue weighted by Gasteiger charge is -2.10. The predicted octanol–water partition coefficient (Wildman–Crippen LogP) is 2.23. The molecule has 0 aliphatic heterocycles. The van der Waals surface area contributed by atoms with Crippen LogP contribution in [0.1, 0.15) is 21.7 Å². The summed E-state index contributed by atoms with van der Waals surface area (Å²) in [7, 11) is -4.20. The Kier molecular flexibility index (Phi) is 4.48. The number of hydrogen-bond acceptors (Lipinski definition) is 4. The number of benzene rings is 1. The minimum absolute atomic E-state index is 0.125. The van der Waals surface area contributed by atoms with Crippen LogP contribution in [0.25, 0.3) is 0 Å². The molecule has 2 N–H and O–H groups in total. The lowest BCUT2D eigenvalue weighted by atomic mass is 10.2. The van der Waals surface area contributed by atoms with Crippen molar-refractivity contribution in [2.24, 2.45) is 0 Å². The van der Waals surface area contributed by atoms with Crippen molar-refractivity contribution >= 4 is 15.9 Å². The fourth-order valence-electron chi connectivity index (χ4n) is 1.68. The van der Waals surface area contributed by atoms with Gasteiger partial charge in [0.1, 0.15) is 5.76 Å². The molecule has 0 aliphatic rings. The molecule has 0 saturated heterocycles. The number of furan rings is 1. The first kappa shape index (κ1) is 17.0. The number of rotatable bonds is 4. The molecule has 6 nitrogen and oxygen atoms in total. The minimum atomic E-state index is -4.57. The maximum Gasteiger partial charge on any atom is 0.416 e. The van der Waals surface area contributed by atoms with E-state index in [0.29, 0.717) is 12.1 Å². The average molecular weight is 348 g/mol. The zero-order valence-corrected chi connectivity index (χ0v) is 12.5. The lowest BCUT2D eigenvalue weighted by molar-refractivity contribution is -0.137. The van der Waals surface area contributed by atoms with E-state index in [1.165, 1.54) is 19.3 Å². The molecule has 1 heterocycles. The first-order valence-corrected chi connectivity index (χ1v) is 7.63. The molecular weight excluding hydrogens is 337 g/mol. The van der Waals surface area contributed by atoms with Gasteiger partial charge in [0.25, 0.3) is 15.9 Å². The number of aryl methyl sites for hydroxylation is 1. The Morgan fingerprint density at radius 2 is 1.74 bits per heavy atom.